The maximum absolute atomic E-state index is 13.4. The number of esters is 1. The molecule has 8 nitrogen and oxygen atoms in total. The van der Waals surface area contributed by atoms with Gasteiger partial charge in [0, 0.05) is 40.5 Å². The van der Waals surface area contributed by atoms with Gasteiger partial charge in [0.15, 0.2) is 5.75 Å². The van der Waals surface area contributed by atoms with E-state index in [4.69, 9.17) is 25.5 Å². The molecule has 9 heteroatoms. The minimum absolute atomic E-state index is 0.00366. The Bertz CT molecular complexity index is 1740. The van der Waals surface area contributed by atoms with Crippen molar-refractivity contribution in [3.8, 4) is 5.75 Å². The average Bonchev–Trinajstić information content (AvgIpc) is 3.34. The predicted octanol–water partition coefficient (Wildman–Crippen LogP) is 5.99. The van der Waals surface area contributed by atoms with Crippen molar-refractivity contribution in [2.75, 3.05) is 0 Å². The predicted molar refractivity (Wildman–Crippen MR) is 148 cm³/mol. The highest BCUT2D eigenvalue weighted by Gasteiger charge is 2.26. The van der Waals surface area contributed by atoms with Gasteiger partial charge in [-0.3, -0.25) is 0 Å². The standard InChI is InChI=1S/C30H25ClN2O6/c1-17-18(2)28(34)38-26-14-27(23(31)13-22(17)26)39-29(35)25(12-20-15-32-24-11-7-6-10-21(20)24)33-30(36)37-16-19-8-4-3-5-9-19/h3-11,13-15,25,32H,12,16H2,1-2H3,(H,33,36)/t25-/m0/s1. The SMILES string of the molecule is Cc1c(C)c2cc(Cl)c(OC(=O)[C@H](Cc3c[nH]c4ccccc34)NC(=O)OCc3ccccc3)cc2oc1=O. The van der Waals surface area contributed by atoms with E-state index in [2.05, 4.69) is 10.3 Å². The van der Waals surface area contributed by atoms with Crippen molar-refractivity contribution < 1.29 is 23.5 Å². The third-order valence-corrected chi connectivity index (χ3v) is 6.90. The minimum Gasteiger partial charge on any atom is -0.445 e. The molecule has 0 aliphatic heterocycles. The summed E-state index contributed by atoms with van der Waals surface area (Å²) in [5.41, 5.74) is 3.44. The topological polar surface area (TPSA) is 111 Å². The Kier molecular flexibility index (Phi) is 7.38. The Labute approximate surface area is 228 Å². The molecule has 5 aromatic rings. The molecule has 0 saturated heterocycles. The van der Waals surface area contributed by atoms with Crippen LogP contribution < -0.4 is 15.7 Å². The van der Waals surface area contributed by atoms with Gasteiger partial charge in [0.1, 0.15) is 18.2 Å². The first-order valence-electron chi connectivity index (χ1n) is 12.3. The van der Waals surface area contributed by atoms with E-state index >= 15 is 0 Å². The normalized spacial score (nSPS) is 11.9. The lowest BCUT2D eigenvalue weighted by Crippen LogP contribution is -2.44. The Morgan fingerprint density at radius 3 is 2.54 bits per heavy atom. The number of ether oxygens (including phenoxy) is 2. The Hall–Kier alpha value is -4.56. The van der Waals surface area contributed by atoms with E-state index in [1.807, 2.05) is 54.6 Å². The molecule has 0 aliphatic rings. The fourth-order valence-corrected chi connectivity index (χ4v) is 4.52. The van der Waals surface area contributed by atoms with Crippen LogP contribution in [0, 0.1) is 13.8 Å². The summed E-state index contributed by atoms with van der Waals surface area (Å²) in [5.74, 6) is -0.756. The number of para-hydroxylation sites is 1. The first-order valence-corrected chi connectivity index (χ1v) is 12.7. The number of fused-ring (bicyclic) bond motifs is 2. The molecule has 2 aromatic heterocycles. The minimum atomic E-state index is -1.11. The first-order chi connectivity index (χ1) is 18.8. The lowest BCUT2D eigenvalue weighted by atomic mass is 10.0. The fourth-order valence-electron chi connectivity index (χ4n) is 4.32. The molecular weight excluding hydrogens is 520 g/mol. The molecule has 0 bridgehead atoms. The number of aromatic amines is 1. The van der Waals surface area contributed by atoms with E-state index < -0.39 is 23.7 Å². The number of nitrogens with one attached hydrogen (secondary N) is 2. The lowest BCUT2D eigenvalue weighted by molar-refractivity contribution is -0.136. The number of hydrogen-bond donors (Lipinski definition) is 2. The highest BCUT2D eigenvalue weighted by atomic mass is 35.5. The Balaban J connectivity index is 1.40. The smallest absolute Gasteiger partial charge is 0.408 e. The number of aryl methyl sites for hydroxylation is 1. The number of hydrogen-bond acceptors (Lipinski definition) is 6. The summed E-state index contributed by atoms with van der Waals surface area (Å²) in [6.45, 7) is 3.49. The Morgan fingerprint density at radius 1 is 1.00 bits per heavy atom. The zero-order valence-corrected chi connectivity index (χ0v) is 22.0. The van der Waals surface area contributed by atoms with Gasteiger partial charge in [0.05, 0.1) is 5.02 Å². The van der Waals surface area contributed by atoms with E-state index in [-0.39, 0.29) is 29.4 Å². The van der Waals surface area contributed by atoms with E-state index in [1.165, 1.54) is 6.07 Å². The summed E-state index contributed by atoms with van der Waals surface area (Å²) in [5, 5.41) is 4.33. The number of aromatic nitrogens is 1. The van der Waals surface area contributed by atoms with Crippen LogP contribution in [0.5, 0.6) is 5.75 Å². The van der Waals surface area contributed by atoms with Crippen LogP contribution >= 0.6 is 11.6 Å². The van der Waals surface area contributed by atoms with Gasteiger partial charge < -0.3 is 24.2 Å². The third-order valence-electron chi connectivity index (χ3n) is 6.61. The van der Waals surface area contributed by atoms with Gasteiger partial charge in [-0.15, -0.1) is 0 Å². The maximum atomic E-state index is 13.4. The summed E-state index contributed by atoms with van der Waals surface area (Å²) in [6, 6.07) is 18.7. The summed E-state index contributed by atoms with van der Waals surface area (Å²) in [6.07, 6.45) is 1.13. The van der Waals surface area contributed by atoms with Crippen LogP contribution in [-0.2, 0) is 22.6 Å². The molecular formula is C30H25ClN2O6. The van der Waals surface area contributed by atoms with Gasteiger partial charge in [0.2, 0.25) is 0 Å². The van der Waals surface area contributed by atoms with Crippen LogP contribution in [0.15, 0.2) is 82.1 Å². The van der Waals surface area contributed by atoms with Crippen LogP contribution in [0.25, 0.3) is 21.9 Å². The van der Waals surface area contributed by atoms with Gasteiger partial charge in [-0.25, -0.2) is 14.4 Å². The molecule has 198 valence electrons. The summed E-state index contributed by atoms with van der Waals surface area (Å²) in [7, 11) is 0. The zero-order valence-electron chi connectivity index (χ0n) is 21.2. The number of amides is 1. The lowest BCUT2D eigenvalue weighted by Gasteiger charge is -2.18. The maximum Gasteiger partial charge on any atom is 0.408 e. The van der Waals surface area contributed by atoms with Gasteiger partial charge in [-0.2, -0.15) is 0 Å². The van der Waals surface area contributed by atoms with Gasteiger partial charge in [-0.05, 0) is 42.7 Å². The van der Waals surface area contributed by atoms with Crippen LogP contribution in [-0.4, -0.2) is 23.1 Å². The van der Waals surface area contributed by atoms with E-state index in [9.17, 15) is 14.4 Å². The summed E-state index contributed by atoms with van der Waals surface area (Å²) < 4.78 is 16.4. The largest absolute Gasteiger partial charge is 0.445 e. The molecule has 1 amide bonds. The van der Waals surface area contributed by atoms with Crippen LogP contribution in [0.1, 0.15) is 22.3 Å². The van der Waals surface area contributed by atoms with Gasteiger partial charge in [0.25, 0.3) is 0 Å². The fraction of sp³-hybridized carbons (Fsp3) is 0.167. The molecule has 1 atom stereocenters. The Morgan fingerprint density at radius 2 is 1.74 bits per heavy atom. The number of alkyl carbamates (subject to hydrolysis) is 1. The highest BCUT2D eigenvalue weighted by Crippen LogP contribution is 2.32. The average molecular weight is 545 g/mol. The number of benzene rings is 3. The van der Waals surface area contributed by atoms with Crippen molar-refractivity contribution in [2.24, 2.45) is 0 Å². The number of rotatable bonds is 7. The van der Waals surface area contributed by atoms with Crippen molar-refractivity contribution in [3.05, 3.63) is 111 Å². The number of carbonyl (C=O) groups is 2. The molecule has 2 N–H and O–H groups in total. The second-order valence-electron chi connectivity index (χ2n) is 9.16. The molecule has 0 radical (unpaired) electrons. The molecule has 0 saturated carbocycles. The van der Waals surface area contributed by atoms with Crippen LogP contribution in [0.2, 0.25) is 5.02 Å². The van der Waals surface area contributed by atoms with E-state index in [0.717, 1.165) is 27.6 Å². The zero-order chi connectivity index (χ0) is 27.5. The van der Waals surface area contributed by atoms with Crippen molar-refractivity contribution in [3.63, 3.8) is 0 Å². The summed E-state index contributed by atoms with van der Waals surface area (Å²) >= 11 is 6.45. The molecule has 0 spiro atoms. The number of halogens is 1. The van der Waals surface area contributed by atoms with E-state index in [0.29, 0.717) is 10.9 Å². The van der Waals surface area contributed by atoms with Gasteiger partial charge in [-0.1, -0.05) is 60.1 Å². The second-order valence-corrected chi connectivity index (χ2v) is 9.57. The molecule has 2 heterocycles. The highest BCUT2D eigenvalue weighted by molar-refractivity contribution is 6.33. The first kappa shape index (κ1) is 26.1. The molecule has 0 fully saturated rings. The second kappa shape index (κ2) is 11.0. The molecule has 0 unspecified atom stereocenters. The molecule has 0 aliphatic carbocycles. The number of carbonyl (C=O) groups excluding carboxylic acids is 2. The van der Waals surface area contributed by atoms with Crippen molar-refractivity contribution in [1.82, 2.24) is 10.3 Å². The van der Waals surface area contributed by atoms with Crippen LogP contribution in [0.3, 0.4) is 0 Å². The third kappa shape index (κ3) is 5.66. The van der Waals surface area contributed by atoms with Crippen molar-refractivity contribution in [2.45, 2.75) is 32.9 Å². The van der Waals surface area contributed by atoms with E-state index in [1.54, 1.807) is 26.1 Å². The quantitative estimate of drug-likeness (QED) is 0.148. The molecule has 3 aromatic carbocycles. The van der Waals surface area contributed by atoms with Gasteiger partial charge >= 0.3 is 17.7 Å². The number of H-pyrrole nitrogens is 1. The van der Waals surface area contributed by atoms with Crippen molar-refractivity contribution in [1.29, 1.82) is 0 Å². The monoisotopic (exact) mass is 544 g/mol. The molecule has 39 heavy (non-hydrogen) atoms. The summed E-state index contributed by atoms with van der Waals surface area (Å²) in [4.78, 5) is 41.5. The van der Waals surface area contributed by atoms with Crippen LogP contribution in [0.4, 0.5) is 4.79 Å². The van der Waals surface area contributed by atoms with Crippen molar-refractivity contribution >= 4 is 45.5 Å². The molecule has 5 rings (SSSR count).